The molecule has 3 unspecified atom stereocenters. The summed E-state index contributed by atoms with van der Waals surface area (Å²) in [5, 5.41) is 23.6. The van der Waals surface area contributed by atoms with Gasteiger partial charge in [0, 0.05) is 65.1 Å². The zero-order valence-corrected chi connectivity index (χ0v) is 46.9. The summed E-state index contributed by atoms with van der Waals surface area (Å²) < 4.78 is 54.7. The third-order valence-corrected chi connectivity index (χ3v) is 16.9. The Morgan fingerprint density at radius 2 is 1.62 bits per heavy atom. The van der Waals surface area contributed by atoms with Crippen LogP contribution in [-0.4, -0.2) is 140 Å². The highest BCUT2D eigenvalue weighted by atomic mass is 31.2. The molecular weight excluding hydrogens is 958 g/mol. The van der Waals surface area contributed by atoms with Gasteiger partial charge in [0.05, 0.1) is 37.1 Å². The van der Waals surface area contributed by atoms with Crippen LogP contribution in [0.15, 0.2) is 47.6 Å². The number of carbonyl (C=O) groups is 5. The maximum Gasteiger partial charge on any atom is 0.329 e. The topological polar surface area (TPSA) is 211 Å². The lowest BCUT2D eigenvalue weighted by molar-refractivity contribution is -0.265. The molecule has 0 aromatic heterocycles. The third-order valence-electron chi connectivity index (χ3n) is 15.6. The first-order chi connectivity index (χ1) is 34.5. The number of fused-ring (bicyclic) bond motifs is 3. The van der Waals surface area contributed by atoms with Crippen LogP contribution in [0.4, 0.5) is 0 Å². The van der Waals surface area contributed by atoms with Crippen molar-refractivity contribution in [2.45, 2.75) is 200 Å². The van der Waals surface area contributed by atoms with Crippen LogP contribution in [0.25, 0.3) is 0 Å². The quantitative estimate of drug-likeness (QED) is 0.0809. The summed E-state index contributed by atoms with van der Waals surface area (Å²) in [6.45, 7) is 16.5. The molecule has 3 heterocycles. The first-order valence-corrected chi connectivity index (χ1v) is 28.9. The molecule has 17 heteroatoms. The fraction of sp³-hybridized carbons (Fsp3) is 0.768. The van der Waals surface area contributed by atoms with Crippen LogP contribution < -0.4 is 0 Å². The van der Waals surface area contributed by atoms with Gasteiger partial charge in [-0.05, 0) is 113 Å². The maximum absolute atomic E-state index is 14.6. The Morgan fingerprint density at radius 1 is 0.890 bits per heavy atom. The number of ketones is 3. The molecule has 2 saturated heterocycles. The summed E-state index contributed by atoms with van der Waals surface area (Å²) in [5.41, 5.74) is 1.17. The standard InChI is InChI=1S/C56H90NO15P/c1-13-14-28-69-73(12,65)72-46-26-24-42(32-49(46)67-10)31-38(5)48-34-45(58)37(4)30-40(7)51(60)52(68-11)50(59)39(6)29-35(2)20-16-15-17-21-36(3)47(66-9)33-43-25-23-41(8)56(64,71-43)53(61)54(62)57-27-19-18-22-44(57)55(63)70-48/h15-17,20-21,30,35,38-44,46-49,51-52,60,64H,13-14,18-19,22-29,31-34H2,1-12H3/t35-,38-,39-,40?,41-,42+,43+,44?,46-,47+,48+,49-,51-,52+,56-,73?/m1/s1. The summed E-state index contributed by atoms with van der Waals surface area (Å²) in [6, 6.07) is -1.17. The number of amides is 1. The van der Waals surface area contributed by atoms with Gasteiger partial charge in [-0.2, -0.15) is 0 Å². The smallest absolute Gasteiger partial charge is 0.329 e. The highest BCUT2D eigenvalue weighted by Gasteiger charge is 2.53. The van der Waals surface area contributed by atoms with Crippen molar-refractivity contribution in [1.82, 2.24) is 4.90 Å². The number of esters is 1. The Morgan fingerprint density at radius 3 is 2.29 bits per heavy atom. The van der Waals surface area contributed by atoms with Crippen molar-refractivity contribution in [1.29, 1.82) is 0 Å². The number of rotatable bonds is 12. The van der Waals surface area contributed by atoms with E-state index in [1.54, 1.807) is 41.1 Å². The number of hydrogen-bond acceptors (Lipinski definition) is 15. The second-order valence-electron chi connectivity index (χ2n) is 21.6. The predicted octanol–water partition coefficient (Wildman–Crippen LogP) is 8.84. The van der Waals surface area contributed by atoms with Gasteiger partial charge >= 0.3 is 13.6 Å². The Balaban J connectivity index is 1.68. The Labute approximate surface area is 435 Å². The number of piperidine rings is 1. The highest BCUT2D eigenvalue weighted by Crippen LogP contribution is 2.49. The molecule has 4 rings (SSSR count). The second kappa shape index (κ2) is 29.4. The molecule has 0 radical (unpaired) electrons. The maximum atomic E-state index is 14.6. The number of aliphatic hydroxyl groups excluding tert-OH is 1. The number of unbranched alkanes of at least 4 members (excludes halogenated alkanes) is 1. The van der Waals surface area contributed by atoms with E-state index in [1.165, 1.54) is 18.7 Å². The van der Waals surface area contributed by atoms with E-state index >= 15 is 0 Å². The molecule has 0 aromatic rings. The average Bonchev–Trinajstić information content (AvgIpc) is 3.35. The molecule has 3 aliphatic heterocycles. The molecule has 0 aromatic carbocycles. The van der Waals surface area contributed by atoms with Crippen LogP contribution in [0, 0.1) is 35.5 Å². The van der Waals surface area contributed by atoms with Gasteiger partial charge in [-0.3, -0.25) is 23.7 Å². The summed E-state index contributed by atoms with van der Waals surface area (Å²) in [5.74, 6) is -8.22. The first-order valence-electron chi connectivity index (χ1n) is 26.9. The zero-order chi connectivity index (χ0) is 54.2. The van der Waals surface area contributed by atoms with Crippen LogP contribution in [0.3, 0.4) is 0 Å². The fourth-order valence-corrected chi connectivity index (χ4v) is 12.1. The van der Waals surface area contributed by atoms with Gasteiger partial charge < -0.3 is 47.8 Å². The van der Waals surface area contributed by atoms with E-state index in [4.69, 9.17) is 32.7 Å². The van der Waals surface area contributed by atoms with Crippen molar-refractivity contribution >= 4 is 36.8 Å². The van der Waals surface area contributed by atoms with Gasteiger partial charge in [0.25, 0.3) is 11.7 Å². The monoisotopic (exact) mass is 1050 g/mol. The van der Waals surface area contributed by atoms with Crippen LogP contribution >= 0.6 is 7.60 Å². The van der Waals surface area contributed by atoms with Crippen molar-refractivity contribution in [3.63, 3.8) is 0 Å². The van der Waals surface area contributed by atoms with Gasteiger partial charge in [0.15, 0.2) is 11.6 Å². The van der Waals surface area contributed by atoms with Crippen molar-refractivity contribution in [3.8, 4) is 0 Å². The van der Waals surface area contributed by atoms with E-state index in [0.29, 0.717) is 76.4 Å². The number of hydrogen-bond donors (Lipinski definition) is 2. The minimum Gasteiger partial charge on any atom is -0.460 e. The summed E-state index contributed by atoms with van der Waals surface area (Å²) in [7, 11) is 1.19. The molecule has 16 atom stereocenters. The molecule has 73 heavy (non-hydrogen) atoms. The first kappa shape index (κ1) is 62.4. The number of cyclic esters (lactones) is 1. The van der Waals surface area contributed by atoms with E-state index in [2.05, 4.69) is 0 Å². The molecule has 16 nitrogen and oxygen atoms in total. The molecule has 3 fully saturated rings. The average molecular weight is 1050 g/mol. The van der Waals surface area contributed by atoms with Crippen molar-refractivity contribution in [3.05, 3.63) is 47.6 Å². The molecule has 1 aliphatic carbocycles. The van der Waals surface area contributed by atoms with E-state index in [1.807, 2.05) is 65.0 Å². The second-order valence-corrected chi connectivity index (χ2v) is 23.6. The summed E-state index contributed by atoms with van der Waals surface area (Å²) in [4.78, 5) is 72.5. The van der Waals surface area contributed by atoms with Gasteiger partial charge in [-0.15, -0.1) is 0 Å². The number of allylic oxidation sites excluding steroid dienone is 6. The molecule has 1 saturated carbocycles. The van der Waals surface area contributed by atoms with E-state index in [0.717, 1.165) is 18.4 Å². The van der Waals surface area contributed by atoms with Gasteiger partial charge in [0.2, 0.25) is 5.79 Å². The molecule has 2 N–H and O–H groups in total. The van der Waals surface area contributed by atoms with Crippen molar-refractivity contribution in [2.24, 2.45) is 35.5 Å². The van der Waals surface area contributed by atoms with Gasteiger partial charge in [-0.25, -0.2) is 4.79 Å². The van der Waals surface area contributed by atoms with E-state index in [9.17, 15) is 38.8 Å². The molecular formula is C56H90NO15P. The van der Waals surface area contributed by atoms with Crippen molar-refractivity contribution < 1.29 is 71.5 Å². The van der Waals surface area contributed by atoms with E-state index in [-0.39, 0.29) is 42.8 Å². The summed E-state index contributed by atoms with van der Waals surface area (Å²) in [6.07, 6.45) is 12.6. The third kappa shape index (κ3) is 17.7. The number of aliphatic hydroxyl groups is 2. The summed E-state index contributed by atoms with van der Waals surface area (Å²) >= 11 is 0. The highest BCUT2D eigenvalue weighted by molar-refractivity contribution is 7.53. The number of ether oxygens (including phenoxy) is 5. The SMILES string of the molecule is CCCCOP(C)(=O)O[C@@H]1CC[C@@H](C[C@@H](C)[C@@H]2CC(=O)C(C)=CC(C)[C@@H](O)[C@@H](OC)C(=O)[C@H](C)C[C@H](C)C=CC=CC=C(C)[C@@H](OC)C[C@@H]3CC[C@@H](C)[C@@](O)(O3)C(=O)C(=O)N3CCCCC3C(=O)O2)C[C@H]1OC. The van der Waals surface area contributed by atoms with Gasteiger partial charge in [0.1, 0.15) is 18.2 Å². The van der Waals surface area contributed by atoms with Crippen LogP contribution in [0.1, 0.15) is 145 Å². The number of methoxy groups -OCH3 is 3. The minimum atomic E-state index is -3.35. The zero-order valence-electron chi connectivity index (χ0n) is 46.0. The fourth-order valence-electron chi connectivity index (χ4n) is 10.9. The molecule has 0 spiro atoms. The van der Waals surface area contributed by atoms with Crippen LogP contribution in [0.5, 0.6) is 0 Å². The van der Waals surface area contributed by atoms with Crippen molar-refractivity contribution in [2.75, 3.05) is 41.1 Å². The Kier molecular flexibility index (Phi) is 25.1. The minimum absolute atomic E-state index is 0.00895. The predicted molar refractivity (Wildman–Crippen MR) is 278 cm³/mol. The number of carbonyl (C=O) groups excluding carboxylic acids is 5. The van der Waals surface area contributed by atoms with Crippen LogP contribution in [0.2, 0.25) is 0 Å². The lowest BCUT2D eigenvalue weighted by atomic mass is 9.78. The Hall–Kier alpha value is -3.18. The van der Waals surface area contributed by atoms with Crippen LogP contribution in [-0.2, 0) is 61.3 Å². The van der Waals surface area contributed by atoms with Gasteiger partial charge in [-0.1, -0.05) is 84.4 Å². The molecule has 414 valence electrons. The normalized spacial score (nSPS) is 35.9. The molecule has 2 bridgehead atoms. The van der Waals surface area contributed by atoms with E-state index < -0.39 is 103 Å². The molecule has 4 aliphatic rings. The lowest BCUT2D eigenvalue weighted by Crippen LogP contribution is -2.61. The largest absolute Gasteiger partial charge is 0.460 e. The Bertz CT molecular complexity index is 2020. The lowest BCUT2D eigenvalue weighted by Gasteiger charge is -2.42. The number of nitrogens with zero attached hydrogens (tertiary/aromatic N) is 1. The number of Topliss-reactive ketones (excluding diaryl/α,β-unsaturated/α-hetero) is 3. The molecule has 1 amide bonds.